The summed E-state index contributed by atoms with van der Waals surface area (Å²) in [6, 6.07) is 5.33. The fourth-order valence-electron chi connectivity index (χ4n) is 3.97. The second-order valence-electron chi connectivity index (χ2n) is 8.20. The van der Waals surface area contributed by atoms with Crippen molar-refractivity contribution in [3.63, 3.8) is 0 Å². The van der Waals surface area contributed by atoms with E-state index in [1.807, 2.05) is 13.8 Å². The molecule has 0 aliphatic heterocycles. The maximum Gasteiger partial charge on any atom is 0.262 e. The van der Waals surface area contributed by atoms with Crippen LogP contribution in [0.2, 0.25) is 5.02 Å². The third-order valence-corrected chi connectivity index (χ3v) is 7.17. The normalized spacial score (nSPS) is 20.0. The summed E-state index contributed by atoms with van der Waals surface area (Å²) in [7, 11) is 0. The van der Waals surface area contributed by atoms with Gasteiger partial charge >= 0.3 is 0 Å². The van der Waals surface area contributed by atoms with E-state index in [1.54, 1.807) is 22.8 Å². The average molecular weight is 466 g/mol. The van der Waals surface area contributed by atoms with Gasteiger partial charge in [-0.05, 0) is 57.2 Å². The van der Waals surface area contributed by atoms with Crippen LogP contribution in [0.1, 0.15) is 52.9 Å². The number of carbonyl (C=O) groups is 1. The maximum absolute atomic E-state index is 13.2. The van der Waals surface area contributed by atoms with E-state index in [-0.39, 0.29) is 22.8 Å². The average Bonchev–Trinajstić information content (AvgIpc) is 2.74. The predicted molar refractivity (Wildman–Crippen MR) is 127 cm³/mol. The smallest absolute Gasteiger partial charge is 0.262 e. The van der Waals surface area contributed by atoms with E-state index in [9.17, 15) is 9.59 Å². The van der Waals surface area contributed by atoms with E-state index in [0.29, 0.717) is 53.2 Å². The molecule has 0 spiro atoms. The summed E-state index contributed by atoms with van der Waals surface area (Å²) in [4.78, 5) is 30.7. The third kappa shape index (κ3) is 6.24. The number of halogens is 1. The molecule has 1 heterocycles. The molecule has 1 aliphatic rings. The van der Waals surface area contributed by atoms with Crippen molar-refractivity contribution in [3.8, 4) is 0 Å². The summed E-state index contributed by atoms with van der Waals surface area (Å²) in [5.41, 5.74) is 0.434. The molecule has 1 N–H and O–H groups in total. The Morgan fingerprint density at radius 2 is 2.16 bits per heavy atom. The van der Waals surface area contributed by atoms with E-state index in [1.165, 1.54) is 18.2 Å². The zero-order valence-corrected chi connectivity index (χ0v) is 20.1. The molecule has 2 aromatic rings. The van der Waals surface area contributed by atoms with Crippen LogP contribution >= 0.6 is 23.4 Å². The van der Waals surface area contributed by atoms with Crippen molar-refractivity contribution >= 4 is 40.2 Å². The summed E-state index contributed by atoms with van der Waals surface area (Å²) in [6.45, 7) is 7.71. The topological polar surface area (TPSA) is 73.2 Å². The molecular formula is C23H32ClN3O3S. The van der Waals surface area contributed by atoms with Crippen molar-refractivity contribution < 1.29 is 9.53 Å². The van der Waals surface area contributed by atoms with Crippen molar-refractivity contribution in [2.45, 2.75) is 75.9 Å². The lowest BCUT2D eigenvalue weighted by molar-refractivity contribution is -0.121. The number of benzene rings is 1. The molecule has 8 heteroatoms. The molecular weight excluding hydrogens is 434 g/mol. The molecule has 31 heavy (non-hydrogen) atoms. The van der Waals surface area contributed by atoms with Gasteiger partial charge in [0.25, 0.3) is 5.56 Å². The molecule has 0 bridgehead atoms. The number of thioether (sulfide) groups is 1. The van der Waals surface area contributed by atoms with Crippen molar-refractivity contribution in [3.05, 3.63) is 33.6 Å². The van der Waals surface area contributed by atoms with Gasteiger partial charge in [-0.2, -0.15) is 0 Å². The first-order valence-corrected chi connectivity index (χ1v) is 12.4. The number of carbonyl (C=O) groups excluding carboxylic acids is 1. The van der Waals surface area contributed by atoms with E-state index in [0.717, 1.165) is 19.3 Å². The highest BCUT2D eigenvalue weighted by Gasteiger charge is 2.26. The lowest BCUT2D eigenvalue weighted by Gasteiger charge is -2.30. The number of hydrogen-bond donors (Lipinski definition) is 1. The SMILES string of the molecule is CCOCCCn1c(SC(C)C(=O)NC2CCCCC2C)nc2cc(Cl)ccc2c1=O. The van der Waals surface area contributed by atoms with Gasteiger partial charge in [0.15, 0.2) is 5.16 Å². The molecule has 1 fully saturated rings. The molecule has 170 valence electrons. The van der Waals surface area contributed by atoms with Gasteiger partial charge < -0.3 is 10.1 Å². The number of hydrogen-bond acceptors (Lipinski definition) is 5. The number of fused-ring (bicyclic) bond motifs is 1. The summed E-state index contributed by atoms with van der Waals surface area (Å²) in [5, 5.41) is 4.44. The van der Waals surface area contributed by atoms with E-state index >= 15 is 0 Å². The first-order chi connectivity index (χ1) is 14.9. The molecule has 6 nitrogen and oxygen atoms in total. The second kappa shape index (κ2) is 11.3. The van der Waals surface area contributed by atoms with Crippen LogP contribution in [0.25, 0.3) is 10.9 Å². The molecule has 3 rings (SSSR count). The largest absolute Gasteiger partial charge is 0.382 e. The highest BCUT2D eigenvalue weighted by atomic mass is 35.5. The van der Waals surface area contributed by atoms with E-state index in [4.69, 9.17) is 21.3 Å². The van der Waals surface area contributed by atoms with Gasteiger partial charge in [0, 0.05) is 30.8 Å². The van der Waals surface area contributed by atoms with Gasteiger partial charge in [-0.25, -0.2) is 4.98 Å². The lowest BCUT2D eigenvalue weighted by Crippen LogP contribution is -2.44. The van der Waals surface area contributed by atoms with Crippen LogP contribution in [-0.4, -0.2) is 40.0 Å². The summed E-state index contributed by atoms with van der Waals surface area (Å²) in [6.07, 6.45) is 5.26. The molecule has 3 atom stereocenters. The summed E-state index contributed by atoms with van der Waals surface area (Å²) in [5.74, 6) is 0.484. The molecule has 1 aliphatic carbocycles. The van der Waals surface area contributed by atoms with Crippen molar-refractivity contribution in [1.82, 2.24) is 14.9 Å². The predicted octanol–water partition coefficient (Wildman–Crippen LogP) is 4.65. The van der Waals surface area contributed by atoms with Gasteiger partial charge in [0.05, 0.1) is 16.2 Å². The quantitative estimate of drug-likeness (QED) is 0.331. The Morgan fingerprint density at radius 3 is 2.90 bits per heavy atom. The van der Waals surface area contributed by atoms with Crippen LogP contribution in [0.4, 0.5) is 0 Å². The first kappa shape index (κ1) is 24.1. The summed E-state index contributed by atoms with van der Waals surface area (Å²) < 4.78 is 7.09. The Bertz CT molecular complexity index is 965. The van der Waals surface area contributed by atoms with Gasteiger partial charge in [0.1, 0.15) is 0 Å². The lowest BCUT2D eigenvalue weighted by atomic mass is 9.86. The van der Waals surface area contributed by atoms with Crippen LogP contribution in [-0.2, 0) is 16.1 Å². The van der Waals surface area contributed by atoms with Crippen LogP contribution in [0.3, 0.4) is 0 Å². The summed E-state index contributed by atoms with van der Waals surface area (Å²) >= 11 is 7.45. The molecule has 1 amide bonds. The zero-order chi connectivity index (χ0) is 22.4. The van der Waals surface area contributed by atoms with Gasteiger partial charge in [-0.3, -0.25) is 14.2 Å². The minimum atomic E-state index is -0.365. The highest BCUT2D eigenvalue weighted by molar-refractivity contribution is 8.00. The Kier molecular flexibility index (Phi) is 8.81. The number of aromatic nitrogens is 2. The minimum Gasteiger partial charge on any atom is -0.382 e. The van der Waals surface area contributed by atoms with Gasteiger partial charge in [-0.1, -0.05) is 43.1 Å². The van der Waals surface area contributed by atoms with Crippen molar-refractivity contribution in [2.75, 3.05) is 13.2 Å². The van der Waals surface area contributed by atoms with Crippen molar-refractivity contribution in [1.29, 1.82) is 0 Å². The molecule has 1 aromatic heterocycles. The maximum atomic E-state index is 13.2. The standard InChI is InChI=1S/C23H32ClN3O3S/c1-4-30-13-7-12-27-22(29)18-11-10-17(24)14-20(18)26-23(27)31-16(3)21(28)25-19-9-6-5-8-15(19)2/h10-11,14-16,19H,4-9,12-13H2,1-3H3,(H,25,28). The molecule has 1 saturated carbocycles. The molecule has 3 unspecified atom stereocenters. The van der Waals surface area contributed by atoms with E-state index in [2.05, 4.69) is 12.2 Å². The second-order valence-corrected chi connectivity index (χ2v) is 9.94. The van der Waals surface area contributed by atoms with Crippen LogP contribution in [0.5, 0.6) is 0 Å². The van der Waals surface area contributed by atoms with Gasteiger partial charge in [-0.15, -0.1) is 0 Å². The third-order valence-electron chi connectivity index (χ3n) is 5.85. The minimum absolute atomic E-state index is 0.00921. The van der Waals surface area contributed by atoms with Crippen LogP contribution in [0.15, 0.2) is 28.2 Å². The zero-order valence-electron chi connectivity index (χ0n) is 18.5. The molecule has 1 aromatic carbocycles. The molecule has 0 saturated heterocycles. The highest BCUT2D eigenvalue weighted by Crippen LogP contribution is 2.27. The number of ether oxygens (including phenoxy) is 1. The Morgan fingerprint density at radius 1 is 1.39 bits per heavy atom. The number of nitrogens with one attached hydrogen (secondary N) is 1. The Balaban J connectivity index is 1.82. The molecule has 0 radical (unpaired) electrons. The van der Waals surface area contributed by atoms with Gasteiger partial charge in [0.2, 0.25) is 5.91 Å². The first-order valence-electron chi connectivity index (χ1n) is 11.2. The Hall–Kier alpha value is -1.57. The van der Waals surface area contributed by atoms with Crippen molar-refractivity contribution in [2.24, 2.45) is 5.92 Å². The number of nitrogens with zero attached hydrogens (tertiary/aromatic N) is 2. The Labute approximate surface area is 193 Å². The van der Waals surface area contributed by atoms with Crippen LogP contribution < -0.4 is 10.9 Å². The monoisotopic (exact) mass is 465 g/mol. The fourth-order valence-corrected chi connectivity index (χ4v) is 5.08. The number of amides is 1. The number of rotatable bonds is 9. The van der Waals surface area contributed by atoms with Crippen LogP contribution in [0, 0.1) is 5.92 Å². The fraction of sp³-hybridized carbons (Fsp3) is 0.609. The van der Waals surface area contributed by atoms with E-state index < -0.39 is 0 Å².